The van der Waals surface area contributed by atoms with Crippen molar-refractivity contribution in [3.8, 4) is 0 Å². The van der Waals surface area contributed by atoms with Gasteiger partial charge in [0, 0.05) is 23.7 Å². The highest BCUT2D eigenvalue weighted by Crippen LogP contribution is 2.61. The van der Waals surface area contributed by atoms with Gasteiger partial charge in [0.15, 0.2) is 0 Å². The standard InChI is InChI=1S/C22H32O2/c1-11-3-5-13-15-9-20-16(10-19(15)21(23)17(13)7-11)14-6-4-12(2)8-18(14)22(20)24/h11-20H,3-10H2,1-2H3. The summed E-state index contributed by atoms with van der Waals surface area (Å²) >= 11 is 0. The highest BCUT2D eigenvalue weighted by molar-refractivity contribution is 5.90. The average molecular weight is 328 g/mol. The van der Waals surface area contributed by atoms with Crippen LogP contribution in [0.4, 0.5) is 0 Å². The maximum Gasteiger partial charge on any atom is 0.139 e. The highest BCUT2D eigenvalue weighted by atomic mass is 16.1. The van der Waals surface area contributed by atoms with Crippen molar-refractivity contribution in [2.45, 2.75) is 65.2 Å². The zero-order valence-electron chi connectivity index (χ0n) is 15.2. The smallest absolute Gasteiger partial charge is 0.139 e. The lowest BCUT2D eigenvalue weighted by molar-refractivity contribution is -0.129. The number of ketones is 2. The van der Waals surface area contributed by atoms with Gasteiger partial charge in [-0.15, -0.1) is 0 Å². The fourth-order valence-corrected chi connectivity index (χ4v) is 7.90. The Hall–Kier alpha value is -0.660. The first-order valence-corrected chi connectivity index (χ1v) is 10.6. The van der Waals surface area contributed by atoms with E-state index in [1.165, 1.54) is 25.7 Å². The number of carbonyl (C=O) groups is 2. The van der Waals surface area contributed by atoms with Crippen molar-refractivity contribution in [2.75, 3.05) is 0 Å². The highest BCUT2D eigenvalue weighted by Gasteiger charge is 2.60. The molecule has 0 bridgehead atoms. The predicted octanol–water partition coefficient (Wildman–Crippen LogP) is 4.52. The molecule has 24 heavy (non-hydrogen) atoms. The minimum absolute atomic E-state index is 0.317. The molecule has 5 rings (SSSR count). The van der Waals surface area contributed by atoms with Crippen LogP contribution >= 0.6 is 0 Å². The molecule has 10 unspecified atom stereocenters. The molecule has 2 heteroatoms. The molecule has 0 aromatic rings. The van der Waals surface area contributed by atoms with Crippen LogP contribution in [0.2, 0.25) is 0 Å². The Morgan fingerprint density at radius 3 is 1.33 bits per heavy atom. The monoisotopic (exact) mass is 328 g/mol. The van der Waals surface area contributed by atoms with E-state index in [9.17, 15) is 9.59 Å². The van der Waals surface area contributed by atoms with Gasteiger partial charge in [0.1, 0.15) is 11.6 Å². The van der Waals surface area contributed by atoms with Crippen molar-refractivity contribution in [2.24, 2.45) is 59.2 Å². The Balaban J connectivity index is 1.42. The first kappa shape index (κ1) is 15.6. The third-order valence-corrected chi connectivity index (χ3v) is 8.98. The fourth-order valence-electron chi connectivity index (χ4n) is 7.90. The molecule has 0 aromatic heterocycles. The van der Waals surface area contributed by atoms with E-state index in [1.807, 2.05) is 0 Å². The zero-order chi connectivity index (χ0) is 16.6. The van der Waals surface area contributed by atoms with Crippen LogP contribution in [0, 0.1) is 59.2 Å². The molecule has 0 saturated heterocycles. The zero-order valence-corrected chi connectivity index (χ0v) is 15.2. The molecular formula is C22H32O2. The van der Waals surface area contributed by atoms with Gasteiger partial charge in [0.05, 0.1) is 0 Å². The minimum atomic E-state index is 0.317. The summed E-state index contributed by atoms with van der Waals surface area (Å²) in [5, 5.41) is 0. The van der Waals surface area contributed by atoms with Crippen molar-refractivity contribution in [3.05, 3.63) is 0 Å². The van der Waals surface area contributed by atoms with Crippen molar-refractivity contribution in [1.29, 1.82) is 0 Å². The fraction of sp³-hybridized carbons (Fsp3) is 0.909. The van der Waals surface area contributed by atoms with Crippen molar-refractivity contribution >= 4 is 11.6 Å². The van der Waals surface area contributed by atoms with Crippen molar-refractivity contribution in [1.82, 2.24) is 0 Å². The van der Waals surface area contributed by atoms with Crippen LogP contribution in [0.3, 0.4) is 0 Å². The van der Waals surface area contributed by atoms with Crippen LogP contribution in [-0.4, -0.2) is 11.6 Å². The molecule has 0 radical (unpaired) electrons. The van der Waals surface area contributed by atoms with Gasteiger partial charge in [-0.05, 0) is 74.0 Å². The molecule has 0 aliphatic heterocycles. The first-order chi connectivity index (χ1) is 11.5. The van der Waals surface area contributed by atoms with Gasteiger partial charge < -0.3 is 0 Å². The summed E-state index contributed by atoms with van der Waals surface area (Å²) in [6, 6.07) is 0. The lowest BCUT2D eigenvalue weighted by atomic mass is 9.64. The summed E-state index contributed by atoms with van der Waals surface area (Å²) < 4.78 is 0. The van der Waals surface area contributed by atoms with E-state index in [0.29, 0.717) is 58.9 Å². The van der Waals surface area contributed by atoms with Crippen LogP contribution in [0.25, 0.3) is 0 Å². The van der Waals surface area contributed by atoms with E-state index < -0.39 is 0 Å². The Bertz CT molecular complexity index is 516. The molecule has 5 fully saturated rings. The summed E-state index contributed by atoms with van der Waals surface area (Å²) in [5.74, 6) is 6.33. The van der Waals surface area contributed by atoms with Gasteiger partial charge in [-0.1, -0.05) is 26.7 Å². The van der Waals surface area contributed by atoms with E-state index in [2.05, 4.69) is 13.8 Å². The number of hydrogen-bond donors (Lipinski definition) is 0. The second kappa shape index (κ2) is 5.42. The third kappa shape index (κ3) is 2.07. The molecule has 132 valence electrons. The van der Waals surface area contributed by atoms with Gasteiger partial charge in [-0.25, -0.2) is 0 Å². The van der Waals surface area contributed by atoms with E-state index in [0.717, 1.165) is 37.5 Å². The molecule has 0 heterocycles. The molecule has 5 saturated carbocycles. The van der Waals surface area contributed by atoms with Crippen LogP contribution in [-0.2, 0) is 9.59 Å². The first-order valence-electron chi connectivity index (χ1n) is 10.6. The average Bonchev–Trinajstić information content (AvgIpc) is 2.99. The number of hydrogen-bond acceptors (Lipinski definition) is 2. The Kier molecular flexibility index (Phi) is 3.52. The lowest BCUT2D eigenvalue weighted by Crippen LogP contribution is -2.35. The van der Waals surface area contributed by atoms with Gasteiger partial charge in [0.2, 0.25) is 0 Å². The predicted molar refractivity (Wildman–Crippen MR) is 93.2 cm³/mol. The Morgan fingerprint density at radius 2 is 0.917 bits per heavy atom. The lowest BCUT2D eigenvalue weighted by Gasteiger charge is -2.39. The summed E-state index contributed by atoms with van der Waals surface area (Å²) in [6.45, 7) is 4.63. The summed E-state index contributed by atoms with van der Waals surface area (Å²) in [4.78, 5) is 26.2. The molecule has 0 amide bonds. The van der Waals surface area contributed by atoms with Crippen molar-refractivity contribution < 1.29 is 9.59 Å². The molecular weight excluding hydrogens is 296 g/mol. The van der Waals surface area contributed by atoms with E-state index in [1.54, 1.807) is 0 Å². The SMILES string of the molecule is CC1CCC2C(C1)C(=O)C1CC3C(CC12)C(=O)C1CC(C)CCC13. The van der Waals surface area contributed by atoms with E-state index >= 15 is 0 Å². The molecule has 5 aliphatic rings. The van der Waals surface area contributed by atoms with Gasteiger partial charge in [0.25, 0.3) is 0 Å². The number of fused-ring (bicyclic) bond motifs is 6. The summed E-state index contributed by atoms with van der Waals surface area (Å²) in [6.07, 6.45) is 9.47. The molecule has 2 nitrogen and oxygen atoms in total. The number of carbonyl (C=O) groups excluding carboxylic acids is 2. The van der Waals surface area contributed by atoms with Gasteiger partial charge >= 0.3 is 0 Å². The van der Waals surface area contributed by atoms with Crippen LogP contribution in [0.1, 0.15) is 65.2 Å². The Labute approximate surface area is 146 Å². The van der Waals surface area contributed by atoms with Crippen molar-refractivity contribution in [3.63, 3.8) is 0 Å². The summed E-state index contributed by atoms with van der Waals surface area (Å²) in [7, 11) is 0. The molecule has 10 atom stereocenters. The molecule has 0 N–H and O–H groups in total. The maximum atomic E-state index is 13.1. The normalized spacial score (nSPS) is 56.4. The van der Waals surface area contributed by atoms with Crippen LogP contribution < -0.4 is 0 Å². The third-order valence-electron chi connectivity index (χ3n) is 8.98. The van der Waals surface area contributed by atoms with E-state index in [4.69, 9.17) is 0 Å². The largest absolute Gasteiger partial charge is 0.299 e. The van der Waals surface area contributed by atoms with Gasteiger partial charge in [-0.3, -0.25) is 9.59 Å². The molecule has 5 aliphatic carbocycles. The van der Waals surface area contributed by atoms with Gasteiger partial charge in [-0.2, -0.15) is 0 Å². The van der Waals surface area contributed by atoms with Crippen LogP contribution in [0.15, 0.2) is 0 Å². The number of Topliss-reactive ketones (excluding diaryl/α,β-unsaturated/α-hetero) is 2. The van der Waals surface area contributed by atoms with E-state index in [-0.39, 0.29) is 0 Å². The topological polar surface area (TPSA) is 34.1 Å². The Morgan fingerprint density at radius 1 is 0.542 bits per heavy atom. The number of rotatable bonds is 0. The minimum Gasteiger partial charge on any atom is -0.299 e. The summed E-state index contributed by atoms with van der Waals surface area (Å²) in [5.41, 5.74) is 0. The molecule has 0 aromatic carbocycles. The second-order valence-corrected chi connectivity index (χ2v) is 10.2. The second-order valence-electron chi connectivity index (χ2n) is 10.2. The molecule has 0 spiro atoms. The van der Waals surface area contributed by atoms with Crippen LogP contribution in [0.5, 0.6) is 0 Å². The quantitative estimate of drug-likeness (QED) is 0.655. The maximum absolute atomic E-state index is 13.1.